The van der Waals surface area contributed by atoms with Crippen LogP contribution in [0.2, 0.25) is 0 Å². The van der Waals surface area contributed by atoms with Gasteiger partial charge in [0, 0.05) is 16.1 Å². The van der Waals surface area contributed by atoms with E-state index in [4.69, 9.17) is 10.5 Å². The molecular formula is C15H16BrNO2. The topological polar surface area (TPSA) is 55.5 Å². The summed E-state index contributed by atoms with van der Waals surface area (Å²) in [5.41, 5.74) is 7.90. The standard InChI is InChI=1S/C15H16BrNO2/c1-10(17)14-8-12(16)4-7-15(14)19-9-11-2-5-13(18)6-3-11/h2-8,10,18H,9,17H2,1H3/t10-/m0/s1. The third-order valence-corrected chi connectivity index (χ3v) is 3.29. The van der Waals surface area contributed by atoms with Crippen molar-refractivity contribution in [1.82, 2.24) is 0 Å². The number of halogens is 1. The van der Waals surface area contributed by atoms with Gasteiger partial charge in [-0.2, -0.15) is 0 Å². The lowest BCUT2D eigenvalue weighted by Crippen LogP contribution is -2.08. The van der Waals surface area contributed by atoms with E-state index in [1.54, 1.807) is 12.1 Å². The van der Waals surface area contributed by atoms with Gasteiger partial charge in [0.05, 0.1) is 0 Å². The molecule has 0 aliphatic heterocycles. The number of benzene rings is 2. The Balaban J connectivity index is 2.13. The molecule has 0 saturated carbocycles. The monoisotopic (exact) mass is 321 g/mol. The predicted molar refractivity (Wildman–Crippen MR) is 79.2 cm³/mol. The molecule has 0 fully saturated rings. The van der Waals surface area contributed by atoms with Crippen LogP contribution in [-0.2, 0) is 6.61 Å². The van der Waals surface area contributed by atoms with Crippen LogP contribution in [0.15, 0.2) is 46.9 Å². The van der Waals surface area contributed by atoms with Crippen LogP contribution in [-0.4, -0.2) is 5.11 Å². The molecule has 2 aromatic rings. The average molecular weight is 322 g/mol. The second kappa shape index (κ2) is 6.08. The lowest BCUT2D eigenvalue weighted by atomic mass is 10.1. The van der Waals surface area contributed by atoms with Crippen LogP contribution < -0.4 is 10.5 Å². The Hall–Kier alpha value is -1.52. The van der Waals surface area contributed by atoms with Crippen molar-refractivity contribution in [2.24, 2.45) is 5.73 Å². The van der Waals surface area contributed by atoms with E-state index in [0.29, 0.717) is 6.61 Å². The van der Waals surface area contributed by atoms with Crippen molar-refractivity contribution in [3.63, 3.8) is 0 Å². The van der Waals surface area contributed by atoms with Crippen LogP contribution in [0.1, 0.15) is 24.1 Å². The molecule has 3 N–H and O–H groups in total. The van der Waals surface area contributed by atoms with E-state index in [-0.39, 0.29) is 11.8 Å². The van der Waals surface area contributed by atoms with Crippen LogP contribution in [0, 0.1) is 0 Å². The molecule has 2 rings (SSSR count). The molecule has 3 nitrogen and oxygen atoms in total. The summed E-state index contributed by atoms with van der Waals surface area (Å²) in [4.78, 5) is 0. The summed E-state index contributed by atoms with van der Waals surface area (Å²) in [5, 5.41) is 9.23. The Morgan fingerprint density at radius 3 is 2.53 bits per heavy atom. The van der Waals surface area contributed by atoms with Gasteiger partial charge in [-0.1, -0.05) is 28.1 Å². The first kappa shape index (κ1) is 13.9. The lowest BCUT2D eigenvalue weighted by Gasteiger charge is -2.14. The van der Waals surface area contributed by atoms with E-state index in [0.717, 1.165) is 21.3 Å². The van der Waals surface area contributed by atoms with Crippen LogP contribution in [0.4, 0.5) is 0 Å². The van der Waals surface area contributed by atoms with E-state index in [1.165, 1.54) is 0 Å². The number of rotatable bonds is 4. The Morgan fingerprint density at radius 1 is 1.21 bits per heavy atom. The van der Waals surface area contributed by atoms with Gasteiger partial charge in [0.25, 0.3) is 0 Å². The highest BCUT2D eigenvalue weighted by Crippen LogP contribution is 2.28. The fraction of sp³-hybridized carbons (Fsp3) is 0.200. The van der Waals surface area contributed by atoms with Gasteiger partial charge >= 0.3 is 0 Å². The molecule has 100 valence electrons. The third-order valence-electron chi connectivity index (χ3n) is 2.79. The molecule has 0 unspecified atom stereocenters. The number of phenols is 1. The fourth-order valence-corrected chi connectivity index (χ4v) is 2.14. The minimum atomic E-state index is -0.0904. The highest BCUT2D eigenvalue weighted by atomic mass is 79.9. The van der Waals surface area contributed by atoms with E-state index in [2.05, 4.69) is 15.9 Å². The molecule has 0 heterocycles. The summed E-state index contributed by atoms with van der Waals surface area (Å²) < 4.78 is 6.78. The van der Waals surface area contributed by atoms with Crippen LogP contribution >= 0.6 is 15.9 Å². The van der Waals surface area contributed by atoms with E-state index < -0.39 is 0 Å². The molecule has 0 aliphatic carbocycles. The second-order valence-corrected chi connectivity index (χ2v) is 5.34. The SMILES string of the molecule is C[C@H](N)c1cc(Br)ccc1OCc1ccc(O)cc1. The molecule has 4 heteroatoms. The minimum Gasteiger partial charge on any atom is -0.508 e. The smallest absolute Gasteiger partial charge is 0.124 e. The molecule has 0 bridgehead atoms. The molecule has 0 saturated heterocycles. The maximum atomic E-state index is 9.23. The van der Waals surface area contributed by atoms with Crippen LogP contribution in [0.5, 0.6) is 11.5 Å². The summed E-state index contributed by atoms with van der Waals surface area (Å²) in [7, 11) is 0. The van der Waals surface area contributed by atoms with Gasteiger partial charge in [-0.15, -0.1) is 0 Å². The first-order valence-corrected chi connectivity index (χ1v) is 6.81. The van der Waals surface area contributed by atoms with Gasteiger partial charge < -0.3 is 15.6 Å². The molecule has 0 aliphatic rings. The average Bonchev–Trinajstić information content (AvgIpc) is 2.39. The van der Waals surface area contributed by atoms with Crippen molar-refractivity contribution in [2.75, 3.05) is 0 Å². The highest BCUT2D eigenvalue weighted by molar-refractivity contribution is 9.10. The minimum absolute atomic E-state index is 0.0904. The number of aromatic hydroxyl groups is 1. The van der Waals surface area contributed by atoms with Crippen molar-refractivity contribution < 1.29 is 9.84 Å². The zero-order valence-electron chi connectivity index (χ0n) is 10.6. The molecule has 0 spiro atoms. The molecule has 0 amide bonds. The first-order valence-electron chi connectivity index (χ1n) is 6.02. The quantitative estimate of drug-likeness (QED) is 0.901. The van der Waals surface area contributed by atoms with Crippen molar-refractivity contribution >= 4 is 15.9 Å². The van der Waals surface area contributed by atoms with Gasteiger partial charge in [0.2, 0.25) is 0 Å². The molecule has 0 aromatic heterocycles. The highest BCUT2D eigenvalue weighted by Gasteiger charge is 2.09. The number of hydrogen-bond acceptors (Lipinski definition) is 3. The summed E-state index contributed by atoms with van der Waals surface area (Å²) in [6.07, 6.45) is 0. The fourth-order valence-electron chi connectivity index (χ4n) is 1.76. The summed E-state index contributed by atoms with van der Waals surface area (Å²) in [6, 6.07) is 12.7. The largest absolute Gasteiger partial charge is 0.508 e. The Labute approximate surface area is 121 Å². The molecular weight excluding hydrogens is 306 g/mol. The predicted octanol–water partition coefficient (Wildman–Crippen LogP) is 3.75. The zero-order chi connectivity index (χ0) is 13.8. The first-order chi connectivity index (χ1) is 9.06. The molecule has 2 aromatic carbocycles. The van der Waals surface area contributed by atoms with Crippen molar-refractivity contribution in [2.45, 2.75) is 19.6 Å². The Morgan fingerprint density at radius 2 is 1.89 bits per heavy atom. The van der Waals surface area contributed by atoms with Crippen molar-refractivity contribution in [3.8, 4) is 11.5 Å². The Bertz CT molecular complexity index is 553. The van der Waals surface area contributed by atoms with Gasteiger partial charge in [0.15, 0.2) is 0 Å². The van der Waals surface area contributed by atoms with Crippen molar-refractivity contribution in [3.05, 3.63) is 58.1 Å². The second-order valence-electron chi connectivity index (χ2n) is 4.43. The number of hydrogen-bond donors (Lipinski definition) is 2. The maximum Gasteiger partial charge on any atom is 0.124 e. The summed E-state index contributed by atoms with van der Waals surface area (Å²) in [5.74, 6) is 1.04. The molecule has 0 radical (unpaired) electrons. The lowest BCUT2D eigenvalue weighted by molar-refractivity contribution is 0.301. The van der Waals surface area contributed by atoms with Crippen molar-refractivity contribution in [1.29, 1.82) is 0 Å². The van der Waals surface area contributed by atoms with E-state index in [1.807, 2.05) is 37.3 Å². The van der Waals surface area contributed by atoms with Crippen LogP contribution in [0.3, 0.4) is 0 Å². The Kier molecular flexibility index (Phi) is 4.45. The summed E-state index contributed by atoms with van der Waals surface area (Å²) >= 11 is 3.43. The van der Waals surface area contributed by atoms with E-state index >= 15 is 0 Å². The number of nitrogens with two attached hydrogens (primary N) is 1. The van der Waals surface area contributed by atoms with Gasteiger partial charge in [-0.25, -0.2) is 0 Å². The van der Waals surface area contributed by atoms with Gasteiger partial charge in [0.1, 0.15) is 18.1 Å². The zero-order valence-corrected chi connectivity index (χ0v) is 12.2. The molecule has 1 atom stereocenters. The third kappa shape index (κ3) is 3.72. The maximum absolute atomic E-state index is 9.23. The molecule has 19 heavy (non-hydrogen) atoms. The van der Waals surface area contributed by atoms with Crippen LogP contribution in [0.25, 0.3) is 0 Å². The van der Waals surface area contributed by atoms with E-state index in [9.17, 15) is 5.11 Å². The van der Waals surface area contributed by atoms with Gasteiger partial charge in [-0.05, 0) is 42.8 Å². The number of phenolic OH excluding ortho intramolecular Hbond substituents is 1. The van der Waals surface area contributed by atoms with Gasteiger partial charge in [-0.3, -0.25) is 0 Å². The normalized spacial score (nSPS) is 12.2. The summed E-state index contributed by atoms with van der Waals surface area (Å²) in [6.45, 7) is 2.37. The number of ether oxygens (including phenoxy) is 1.